The number of nitrogens with two attached hydrogens (primary N) is 1. The van der Waals surface area contributed by atoms with E-state index in [1.807, 2.05) is 12.1 Å². The lowest BCUT2D eigenvalue weighted by Crippen LogP contribution is -2.06. The number of rotatable bonds is 6. The van der Waals surface area contributed by atoms with Crippen molar-refractivity contribution >= 4 is 0 Å². The Kier molecular flexibility index (Phi) is 5.19. The van der Waals surface area contributed by atoms with Crippen LogP contribution in [0.1, 0.15) is 25.3 Å². The molecule has 2 aromatic carbocycles. The molecule has 2 rings (SSSR count). The van der Waals surface area contributed by atoms with Gasteiger partial charge in [0.25, 0.3) is 0 Å². The van der Waals surface area contributed by atoms with Crippen LogP contribution >= 0.6 is 0 Å². The van der Waals surface area contributed by atoms with Gasteiger partial charge >= 0.3 is 0 Å². The summed E-state index contributed by atoms with van der Waals surface area (Å²) < 4.78 is 0. The molecule has 2 nitrogen and oxygen atoms in total. The van der Waals surface area contributed by atoms with E-state index in [1.54, 1.807) is 12.1 Å². The first-order chi connectivity index (χ1) is 9.69. The molecule has 0 heterocycles. The normalized spacial score (nSPS) is 12.3. The zero-order valence-corrected chi connectivity index (χ0v) is 12.0. The first-order valence-corrected chi connectivity index (χ1v) is 7.27. The number of aryl methyl sites for hydroxylation is 1. The highest BCUT2D eigenvalue weighted by molar-refractivity contribution is 5.64. The van der Waals surface area contributed by atoms with Crippen molar-refractivity contribution in [3.05, 3.63) is 54.1 Å². The number of benzene rings is 2. The van der Waals surface area contributed by atoms with E-state index in [-0.39, 0.29) is 0 Å². The average molecular weight is 269 g/mol. The summed E-state index contributed by atoms with van der Waals surface area (Å²) in [5.74, 6) is 0.984. The Labute approximate surface area is 121 Å². The fourth-order valence-electron chi connectivity index (χ4n) is 2.40. The molecule has 0 saturated carbocycles. The molecule has 0 aliphatic heterocycles. The van der Waals surface area contributed by atoms with Gasteiger partial charge in [-0.1, -0.05) is 43.3 Å². The Morgan fingerprint density at radius 2 is 1.75 bits per heavy atom. The molecule has 2 heteroatoms. The van der Waals surface area contributed by atoms with E-state index in [9.17, 15) is 5.11 Å². The highest BCUT2D eigenvalue weighted by atomic mass is 16.3. The zero-order chi connectivity index (χ0) is 14.4. The van der Waals surface area contributed by atoms with Crippen LogP contribution in [0, 0.1) is 5.92 Å². The Morgan fingerprint density at radius 1 is 1.00 bits per heavy atom. The Morgan fingerprint density at radius 3 is 2.45 bits per heavy atom. The Bertz CT molecular complexity index is 533. The molecule has 1 unspecified atom stereocenters. The molecule has 0 bridgehead atoms. The van der Waals surface area contributed by atoms with Gasteiger partial charge in [0, 0.05) is 0 Å². The Hall–Kier alpha value is -1.80. The molecule has 0 aromatic heterocycles. The molecule has 20 heavy (non-hydrogen) atoms. The Balaban J connectivity index is 2.06. The summed E-state index contributed by atoms with van der Waals surface area (Å²) in [5.41, 5.74) is 9.29. The summed E-state index contributed by atoms with van der Waals surface area (Å²) in [5, 5.41) is 9.34. The third-order valence-electron chi connectivity index (χ3n) is 3.71. The van der Waals surface area contributed by atoms with Gasteiger partial charge in [-0.15, -0.1) is 0 Å². The van der Waals surface area contributed by atoms with Crippen LogP contribution in [0.15, 0.2) is 48.5 Å². The number of phenols is 1. The average Bonchev–Trinajstić information content (AvgIpc) is 2.47. The molecule has 0 saturated heterocycles. The number of phenolic OH excluding ortho intramolecular Hbond substituents is 1. The lowest BCUT2D eigenvalue weighted by Gasteiger charge is -2.10. The summed E-state index contributed by atoms with van der Waals surface area (Å²) in [7, 11) is 0. The van der Waals surface area contributed by atoms with E-state index in [2.05, 4.69) is 31.2 Å². The summed E-state index contributed by atoms with van der Waals surface area (Å²) in [6.07, 6.45) is 3.36. The molecule has 0 fully saturated rings. The first-order valence-electron chi connectivity index (χ1n) is 7.27. The number of hydrogen-bond donors (Lipinski definition) is 2. The predicted molar refractivity (Wildman–Crippen MR) is 84.7 cm³/mol. The first kappa shape index (κ1) is 14.6. The minimum atomic E-state index is 0.306. The maximum Gasteiger partial charge on any atom is 0.115 e. The lowest BCUT2D eigenvalue weighted by atomic mass is 9.96. The summed E-state index contributed by atoms with van der Waals surface area (Å²) >= 11 is 0. The van der Waals surface area contributed by atoms with Crippen molar-refractivity contribution in [2.24, 2.45) is 11.7 Å². The number of aromatic hydroxyl groups is 1. The van der Waals surface area contributed by atoms with Gasteiger partial charge in [0.05, 0.1) is 0 Å². The van der Waals surface area contributed by atoms with E-state index >= 15 is 0 Å². The molecule has 106 valence electrons. The van der Waals surface area contributed by atoms with Gasteiger partial charge in [-0.2, -0.15) is 0 Å². The van der Waals surface area contributed by atoms with Crippen molar-refractivity contribution in [3.63, 3.8) is 0 Å². The molecule has 0 aliphatic rings. The molecule has 3 N–H and O–H groups in total. The fraction of sp³-hybridized carbons (Fsp3) is 0.333. The van der Waals surface area contributed by atoms with Crippen molar-refractivity contribution < 1.29 is 5.11 Å². The van der Waals surface area contributed by atoms with Crippen molar-refractivity contribution in [1.29, 1.82) is 0 Å². The van der Waals surface area contributed by atoms with E-state index in [0.717, 1.165) is 24.9 Å². The van der Waals surface area contributed by atoms with Crippen molar-refractivity contribution in [2.75, 3.05) is 6.54 Å². The van der Waals surface area contributed by atoms with Crippen molar-refractivity contribution in [2.45, 2.75) is 26.2 Å². The molecular weight excluding hydrogens is 246 g/mol. The van der Waals surface area contributed by atoms with E-state index in [4.69, 9.17) is 5.73 Å². The smallest absolute Gasteiger partial charge is 0.115 e. The maximum absolute atomic E-state index is 9.34. The predicted octanol–water partition coefficient (Wildman–Crippen LogP) is 3.98. The third-order valence-corrected chi connectivity index (χ3v) is 3.71. The zero-order valence-electron chi connectivity index (χ0n) is 12.0. The van der Waals surface area contributed by atoms with Crippen molar-refractivity contribution in [1.82, 2.24) is 0 Å². The van der Waals surface area contributed by atoms with Crippen molar-refractivity contribution in [3.8, 4) is 16.9 Å². The molecule has 0 aliphatic carbocycles. The van der Waals surface area contributed by atoms with Crippen LogP contribution in [0.5, 0.6) is 5.75 Å². The van der Waals surface area contributed by atoms with Gasteiger partial charge in [0.1, 0.15) is 5.75 Å². The largest absolute Gasteiger partial charge is 0.508 e. The minimum Gasteiger partial charge on any atom is -0.508 e. The monoisotopic (exact) mass is 269 g/mol. The van der Waals surface area contributed by atoms with Gasteiger partial charge in [-0.25, -0.2) is 0 Å². The molecule has 0 amide bonds. The SMILES string of the molecule is CC(CCN)CCc1cccc(-c2ccc(O)cc2)c1. The molecule has 2 aromatic rings. The van der Waals surface area contributed by atoms with Crippen LogP contribution in [0.3, 0.4) is 0 Å². The van der Waals surface area contributed by atoms with Crippen LogP contribution in [0.2, 0.25) is 0 Å². The molecular formula is C18H23NO. The van der Waals surface area contributed by atoms with E-state index in [1.165, 1.54) is 17.5 Å². The number of hydrogen-bond acceptors (Lipinski definition) is 2. The minimum absolute atomic E-state index is 0.306. The molecule has 0 spiro atoms. The van der Waals surface area contributed by atoms with Crippen LogP contribution in [0.4, 0.5) is 0 Å². The summed E-state index contributed by atoms with van der Waals surface area (Å²) in [4.78, 5) is 0. The third kappa shape index (κ3) is 4.10. The summed E-state index contributed by atoms with van der Waals surface area (Å²) in [6.45, 7) is 3.03. The topological polar surface area (TPSA) is 46.2 Å². The quantitative estimate of drug-likeness (QED) is 0.833. The van der Waals surface area contributed by atoms with Gasteiger partial charge in [0.15, 0.2) is 0 Å². The second-order valence-electron chi connectivity index (χ2n) is 5.47. The van der Waals surface area contributed by atoms with E-state index in [0.29, 0.717) is 11.7 Å². The van der Waals surface area contributed by atoms with Crippen LogP contribution in [0.25, 0.3) is 11.1 Å². The van der Waals surface area contributed by atoms with Gasteiger partial charge in [-0.3, -0.25) is 0 Å². The van der Waals surface area contributed by atoms with Gasteiger partial charge in [-0.05, 0) is 60.5 Å². The highest BCUT2D eigenvalue weighted by Crippen LogP contribution is 2.23. The van der Waals surface area contributed by atoms with Crippen LogP contribution < -0.4 is 5.73 Å². The van der Waals surface area contributed by atoms with E-state index < -0.39 is 0 Å². The molecule has 0 radical (unpaired) electrons. The maximum atomic E-state index is 9.34. The van der Waals surface area contributed by atoms with Crippen LogP contribution in [-0.4, -0.2) is 11.7 Å². The highest BCUT2D eigenvalue weighted by Gasteiger charge is 2.03. The van der Waals surface area contributed by atoms with Gasteiger partial charge < -0.3 is 10.8 Å². The second kappa shape index (κ2) is 7.11. The fourth-order valence-corrected chi connectivity index (χ4v) is 2.40. The van der Waals surface area contributed by atoms with Gasteiger partial charge in [0.2, 0.25) is 0 Å². The lowest BCUT2D eigenvalue weighted by molar-refractivity contribution is 0.475. The summed E-state index contributed by atoms with van der Waals surface area (Å²) in [6, 6.07) is 16.0. The molecule has 1 atom stereocenters. The second-order valence-corrected chi connectivity index (χ2v) is 5.47. The van der Waals surface area contributed by atoms with Crippen LogP contribution in [-0.2, 0) is 6.42 Å². The standard InChI is InChI=1S/C18H23NO/c1-14(11-12-19)5-6-15-3-2-4-17(13-15)16-7-9-18(20)10-8-16/h2-4,7-10,13-14,20H,5-6,11-12,19H2,1H3.